The van der Waals surface area contributed by atoms with Gasteiger partial charge < -0.3 is 9.47 Å². The van der Waals surface area contributed by atoms with E-state index in [2.05, 4.69) is 0 Å². The summed E-state index contributed by atoms with van der Waals surface area (Å²) in [6.07, 6.45) is 0.0904. The molecule has 3 heteroatoms. The lowest BCUT2D eigenvalue weighted by Crippen LogP contribution is -2.07. The Bertz CT molecular complexity index is 394. The Balaban J connectivity index is 3.04. The van der Waals surface area contributed by atoms with Crippen molar-refractivity contribution >= 4 is 5.97 Å². The van der Waals surface area contributed by atoms with E-state index in [0.717, 1.165) is 17.2 Å². The fraction of sp³-hybridized carbons (Fsp3) is 0.429. The summed E-state index contributed by atoms with van der Waals surface area (Å²) < 4.78 is 10.7. The molecule has 93 valence electrons. The van der Waals surface area contributed by atoms with E-state index in [-0.39, 0.29) is 12.1 Å². The van der Waals surface area contributed by atoms with Gasteiger partial charge in [0.1, 0.15) is 11.5 Å². The highest BCUT2D eigenvalue weighted by Crippen LogP contribution is 2.27. The highest BCUT2D eigenvalue weighted by Gasteiger charge is 2.09. The largest absolute Gasteiger partial charge is 0.491 e. The van der Waals surface area contributed by atoms with E-state index in [4.69, 9.17) is 9.47 Å². The molecule has 0 aliphatic heterocycles. The minimum Gasteiger partial charge on any atom is -0.491 e. The van der Waals surface area contributed by atoms with Gasteiger partial charge in [0.05, 0.1) is 6.10 Å². The highest BCUT2D eigenvalue weighted by molar-refractivity contribution is 5.69. The number of hydrogen-bond donors (Lipinski definition) is 0. The highest BCUT2D eigenvalue weighted by atomic mass is 16.5. The number of carbonyl (C=O) groups excluding carboxylic acids is 1. The Labute approximate surface area is 103 Å². The standard InChI is InChI=1S/C14H19O3/c1-9(2)12-6-13(16-10(3)4)8-14(7-12)17-11(5)15/h6-8,10H,1-5H3. The summed E-state index contributed by atoms with van der Waals surface area (Å²) in [7, 11) is 0. The van der Waals surface area contributed by atoms with E-state index in [1.807, 2.05) is 39.8 Å². The smallest absolute Gasteiger partial charge is 0.308 e. The summed E-state index contributed by atoms with van der Waals surface area (Å²) in [6.45, 7) is 9.32. The molecule has 0 unspecified atom stereocenters. The zero-order chi connectivity index (χ0) is 13.0. The molecule has 3 nitrogen and oxygen atoms in total. The van der Waals surface area contributed by atoms with E-state index in [9.17, 15) is 4.79 Å². The molecular formula is C14H19O3. The maximum Gasteiger partial charge on any atom is 0.308 e. The first kappa shape index (κ1) is 13.6. The Kier molecular flexibility index (Phi) is 4.55. The van der Waals surface area contributed by atoms with Crippen LogP contribution in [0.3, 0.4) is 0 Å². The third-order valence-corrected chi connectivity index (χ3v) is 2.09. The number of benzene rings is 1. The number of ether oxygens (including phenoxy) is 2. The second kappa shape index (κ2) is 5.71. The van der Waals surface area contributed by atoms with Crippen LogP contribution in [0.1, 0.15) is 40.2 Å². The van der Waals surface area contributed by atoms with E-state index in [1.54, 1.807) is 6.07 Å². The third kappa shape index (κ3) is 4.47. The number of esters is 1. The van der Waals surface area contributed by atoms with Crippen molar-refractivity contribution in [1.82, 2.24) is 0 Å². The number of carbonyl (C=O) groups is 1. The predicted molar refractivity (Wildman–Crippen MR) is 67.2 cm³/mol. The molecule has 0 aliphatic rings. The molecule has 0 aliphatic carbocycles. The first-order valence-corrected chi connectivity index (χ1v) is 5.69. The molecule has 0 bridgehead atoms. The SMILES string of the molecule is C[C](C)c1cc(OC(C)=O)cc(OC(C)C)c1. The number of rotatable bonds is 4. The fourth-order valence-electron chi connectivity index (χ4n) is 1.43. The fourth-order valence-corrected chi connectivity index (χ4v) is 1.43. The van der Waals surface area contributed by atoms with Crippen molar-refractivity contribution < 1.29 is 14.3 Å². The van der Waals surface area contributed by atoms with Gasteiger partial charge >= 0.3 is 5.97 Å². The molecule has 0 saturated heterocycles. The lowest BCUT2D eigenvalue weighted by Gasteiger charge is -2.14. The van der Waals surface area contributed by atoms with Crippen molar-refractivity contribution in [3.8, 4) is 11.5 Å². The van der Waals surface area contributed by atoms with Crippen molar-refractivity contribution in [2.75, 3.05) is 0 Å². The normalized spacial score (nSPS) is 10.8. The summed E-state index contributed by atoms with van der Waals surface area (Å²) >= 11 is 0. The maximum atomic E-state index is 11.0. The molecule has 1 aromatic carbocycles. The van der Waals surface area contributed by atoms with Crippen LogP contribution in [0.2, 0.25) is 0 Å². The van der Waals surface area contributed by atoms with Gasteiger partial charge in [-0.1, -0.05) is 13.8 Å². The minimum absolute atomic E-state index is 0.0904. The predicted octanol–water partition coefficient (Wildman–Crippen LogP) is 3.36. The Morgan fingerprint density at radius 1 is 1.06 bits per heavy atom. The minimum atomic E-state index is -0.327. The molecule has 1 radical (unpaired) electrons. The topological polar surface area (TPSA) is 35.5 Å². The molecule has 0 heterocycles. The van der Waals surface area contributed by atoms with Crippen LogP contribution in [0.15, 0.2) is 18.2 Å². The monoisotopic (exact) mass is 235 g/mol. The number of hydrogen-bond acceptors (Lipinski definition) is 3. The average Bonchev–Trinajstić information content (AvgIpc) is 2.14. The van der Waals surface area contributed by atoms with Gasteiger partial charge in [-0.2, -0.15) is 0 Å². The van der Waals surface area contributed by atoms with E-state index >= 15 is 0 Å². The molecule has 0 N–H and O–H groups in total. The molecule has 0 saturated carbocycles. The van der Waals surface area contributed by atoms with Crippen LogP contribution in [0.5, 0.6) is 11.5 Å². The first-order chi connectivity index (χ1) is 7.88. The Morgan fingerprint density at radius 3 is 2.12 bits per heavy atom. The van der Waals surface area contributed by atoms with Crippen molar-refractivity contribution in [1.29, 1.82) is 0 Å². The maximum absolute atomic E-state index is 11.0. The van der Waals surface area contributed by atoms with Crippen LogP contribution in [0, 0.1) is 5.92 Å². The van der Waals surface area contributed by atoms with Crippen molar-refractivity contribution in [3.05, 3.63) is 29.7 Å². The Hall–Kier alpha value is -1.51. The zero-order valence-electron chi connectivity index (χ0n) is 11.0. The third-order valence-electron chi connectivity index (χ3n) is 2.09. The van der Waals surface area contributed by atoms with Crippen molar-refractivity contribution in [2.24, 2.45) is 0 Å². The van der Waals surface area contributed by atoms with E-state index in [1.165, 1.54) is 6.92 Å². The van der Waals surface area contributed by atoms with Crippen molar-refractivity contribution in [2.45, 2.75) is 40.7 Å². The van der Waals surface area contributed by atoms with Crippen LogP contribution in [-0.4, -0.2) is 12.1 Å². The summed E-state index contributed by atoms with van der Waals surface area (Å²) in [5.74, 6) is 2.06. The lowest BCUT2D eigenvalue weighted by molar-refractivity contribution is -0.131. The first-order valence-electron chi connectivity index (χ1n) is 5.69. The quantitative estimate of drug-likeness (QED) is 0.593. The average molecular weight is 235 g/mol. The van der Waals surface area contributed by atoms with Gasteiger partial charge in [-0.3, -0.25) is 4.79 Å². The van der Waals surface area contributed by atoms with Crippen LogP contribution in [0.4, 0.5) is 0 Å². The van der Waals surface area contributed by atoms with Crippen LogP contribution in [-0.2, 0) is 4.79 Å². The molecule has 0 fully saturated rings. The molecule has 0 spiro atoms. The van der Waals surface area contributed by atoms with Crippen molar-refractivity contribution in [3.63, 3.8) is 0 Å². The van der Waals surface area contributed by atoms with Crippen LogP contribution in [0.25, 0.3) is 0 Å². The van der Waals surface area contributed by atoms with Gasteiger partial charge in [0.2, 0.25) is 0 Å². The lowest BCUT2D eigenvalue weighted by atomic mass is 10.0. The zero-order valence-corrected chi connectivity index (χ0v) is 11.0. The molecular weight excluding hydrogens is 216 g/mol. The second-order valence-corrected chi connectivity index (χ2v) is 4.45. The van der Waals surface area contributed by atoms with Crippen LogP contribution < -0.4 is 9.47 Å². The van der Waals surface area contributed by atoms with E-state index in [0.29, 0.717) is 5.75 Å². The van der Waals surface area contributed by atoms with Crippen LogP contribution >= 0.6 is 0 Å². The summed E-state index contributed by atoms with van der Waals surface area (Å²) in [6, 6.07) is 5.51. The van der Waals surface area contributed by atoms with Gasteiger partial charge in [0.15, 0.2) is 0 Å². The molecule has 0 amide bonds. The van der Waals surface area contributed by atoms with E-state index < -0.39 is 0 Å². The molecule has 0 aromatic heterocycles. The summed E-state index contributed by atoms with van der Waals surface area (Å²) in [5.41, 5.74) is 1.01. The van der Waals surface area contributed by atoms with Gasteiger partial charge in [-0.05, 0) is 37.5 Å². The van der Waals surface area contributed by atoms with Gasteiger partial charge in [-0.15, -0.1) is 0 Å². The molecule has 1 aromatic rings. The molecule has 17 heavy (non-hydrogen) atoms. The molecule has 0 atom stereocenters. The molecule has 1 rings (SSSR count). The van der Waals surface area contributed by atoms with Gasteiger partial charge in [0, 0.05) is 13.0 Å². The summed E-state index contributed by atoms with van der Waals surface area (Å²) in [4.78, 5) is 11.0. The second-order valence-electron chi connectivity index (χ2n) is 4.45. The van der Waals surface area contributed by atoms with Gasteiger partial charge in [-0.25, -0.2) is 0 Å². The van der Waals surface area contributed by atoms with Gasteiger partial charge in [0.25, 0.3) is 0 Å². The Morgan fingerprint density at radius 2 is 1.65 bits per heavy atom. The summed E-state index contributed by atoms with van der Waals surface area (Å²) in [5, 5.41) is 0.